The molecule has 17 heavy (non-hydrogen) atoms. The fraction of sp³-hybridized carbons (Fsp3) is 1.00. The van der Waals surface area contributed by atoms with Crippen LogP contribution >= 0.6 is 0 Å². The van der Waals surface area contributed by atoms with Crippen molar-refractivity contribution in [2.24, 2.45) is 10.8 Å². The Morgan fingerprint density at radius 2 is 1.65 bits per heavy atom. The average Bonchev–Trinajstić information content (AvgIpc) is 2.20. The van der Waals surface area contributed by atoms with Gasteiger partial charge in [-0.1, -0.05) is 67.6 Å². The highest BCUT2D eigenvalue weighted by atomic mass is 15.0. The Morgan fingerprint density at radius 3 is 2.06 bits per heavy atom. The smallest absolute Gasteiger partial charge is 0.204 e. The van der Waals surface area contributed by atoms with E-state index in [0.717, 1.165) is 6.04 Å². The van der Waals surface area contributed by atoms with Crippen molar-refractivity contribution in [2.75, 3.05) is 7.05 Å². The first-order valence-electron chi connectivity index (χ1n) is 7.32. The van der Waals surface area contributed by atoms with Gasteiger partial charge in [0.05, 0.1) is 0 Å². The molecule has 0 aromatic heterocycles. The maximum absolute atomic E-state index is 2.53. The Bertz CT molecular complexity index is 205. The Labute approximate surface area is 111 Å². The largest absolute Gasteiger partial charge is 0.345 e. The number of hydrogen-bond donors (Lipinski definition) is 0. The lowest BCUT2D eigenvalue weighted by Gasteiger charge is -2.40. The Hall–Kier alpha value is 0.0249. The van der Waals surface area contributed by atoms with E-state index in [9.17, 15) is 0 Å². The standard InChI is InChI=1S/C15H34BN/c1-9-10-11-13(2)17(8)16-12-15(6,7)14(3,4)5/h13,16H,9-12H2,1-8H3. The summed E-state index contributed by atoms with van der Waals surface area (Å²) in [7, 11) is 3.49. The van der Waals surface area contributed by atoms with Gasteiger partial charge < -0.3 is 4.81 Å². The van der Waals surface area contributed by atoms with Crippen molar-refractivity contribution >= 4 is 7.41 Å². The van der Waals surface area contributed by atoms with E-state index in [0.29, 0.717) is 10.8 Å². The van der Waals surface area contributed by atoms with E-state index in [1.165, 1.54) is 33.0 Å². The van der Waals surface area contributed by atoms with Gasteiger partial charge in [-0.2, -0.15) is 0 Å². The molecule has 0 amide bonds. The molecule has 0 aliphatic carbocycles. The minimum absolute atomic E-state index is 0.389. The summed E-state index contributed by atoms with van der Waals surface area (Å²) in [6.07, 6.45) is 5.28. The first-order valence-corrected chi connectivity index (χ1v) is 7.32. The molecule has 0 fully saturated rings. The van der Waals surface area contributed by atoms with Crippen LogP contribution in [0.15, 0.2) is 0 Å². The molecule has 0 aliphatic rings. The molecular formula is C15H34BN. The van der Waals surface area contributed by atoms with Crippen molar-refractivity contribution in [3.05, 3.63) is 0 Å². The normalized spacial score (nSPS) is 15.1. The maximum atomic E-state index is 2.53. The van der Waals surface area contributed by atoms with Gasteiger partial charge in [-0.3, -0.25) is 0 Å². The third kappa shape index (κ3) is 5.95. The summed E-state index contributed by atoms with van der Waals surface area (Å²) < 4.78 is 0. The lowest BCUT2D eigenvalue weighted by Crippen LogP contribution is -2.38. The third-order valence-corrected chi connectivity index (χ3v) is 4.85. The van der Waals surface area contributed by atoms with Crippen molar-refractivity contribution < 1.29 is 0 Å². The maximum Gasteiger partial charge on any atom is 0.204 e. The Balaban J connectivity index is 4.10. The number of rotatable bonds is 7. The summed E-state index contributed by atoms with van der Waals surface area (Å²) in [4.78, 5) is 2.53. The molecule has 0 rings (SSSR count). The summed E-state index contributed by atoms with van der Waals surface area (Å²) in [6, 6.07) is 0.728. The van der Waals surface area contributed by atoms with Gasteiger partial charge in [-0.15, -0.1) is 0 Å². The van der Waals surface area contributed by atoms with E-state index in [2.05, 4.69) is 60.3 Å². The molecule has 1 nitrogen and oxygen atoms in total. The number of hydrogen-bond acceptors (Lipinski definition) is 1. The highest BCUT2D eigenvalue weighted by Gasteiger charge is 2.32. The molecule has 1 atom stereocenters. The zero-order valence-electron chi connectivity index (χ0n) is 13.6. The Kier molecular flexibility index (Phi) is 6.83. The highest BCUT2D eigenvalue weighted by Crippen LogP contribution is 2.41. The lowest BCUT2D eigenvalue weighted by atomic mass is 9.59. The zero-order valence-corrected chi connectivity index (χ0v) is 13.6. The molecule has 1 unspecified atom stereocenters. The lowest BCUT2D eigenvalue weighted by molar-refractivity contribution is 0.153. The first kappa shape index (κ1) is 17.0. The molecule has 0 spiro atoms. The summed E-state index contributed by atoms with van der Waals surface area (Å²) in [5.74, 6) is 0. The molecule has 0 aromatic rings. The van der Waals surface area contributed by atoms with Crippen molar-refractivity contribution in [3.8, 4) is 0 Å². The summed E-state index contributed by atoms with van der Waals surface area (Å²) in [5.41, 5.74) is 0.798. The van der Waals surface area contributed by atoms with Crippen LogP contribution in [0.3, 0.4) is 0 Å². The summed E-state index contributed by atoms with van der Waals surface area (Å²) >= 11 is 0. The first-order chi connectivity index (χ1) is 7.62. The summed E-state index contributed by atoms with van der Waals surface area (Å²) in [5, 5.41) is 0. The molecule has 0 aliphatic heterocycles. The molecule has 2 heteroatoms. The van der Waals surface area contributed by atoms with Crippen molar-refractivity contribution in [3.63, 3.8) is 0 Å². The topological polar surface area (TPSA) is 3.24 Å². The summed E-state index contributed by atoms with van der Waals surface area (Å²) in [6.45, 7) is 16.5. The fourth-order valence-electron chi connectivity index (χ4n) is 1.77. The van der Waals surface area contributed by atoms with E-state index >= 15 is 0 Å². The van der Waals surface area contributed by atoms with Crippen molar-refractivity contribution in [2.45, 2.75) is 80.1 Å². The minimum atomic E-state index is 0.389. The van der Waals surface area contributed by atoms with Gasteiger partial charge in [0.1, 0.15) is 0 Å². The fourth-order valence-corrected chi connectivity index (χ4v) is 1.77. The van der Waals surface area contributed by atoms with Crippen LogP contribution in [-0.2, 0) is 0 Å². The molecule has 102 valence electrons. The van der Waals surface area contributed by atoms with Gasteiger partial charge in [-0.25, -0.2) is 0 Å². The number of unbranched alkanes of at least 4 members (excludes halogenated alkanes) is 1. The second kappa shape index (κ2) is 6.82. The Morgan fingerprint density at radius 1 is 1.12 bits per heavy atom. The minimum Gasteiger partial charge on any atom is -0.345 e. The van der Waals surface area contributed by atoms with E-state index < -0.39 is 0 Å². The predicted molar refractivity (Wildman–Crippen MR) is 81.9 cm³/mol. The monoisotopic (exact) mass is 239 g/mol. The molecular weight excluding hydrogens is 205 g/mol. The van der Waals surface area contributed by atoms with E-state index in [1.807, 2.05) is 0 Å². The van der Waals surface area contributed by atoms with Crippen LogP contribution < -0.4 is 0 Å². The second-order valence-corrected chi connectivity index (χ2v) is 7.36. The van der Waals surface area contributed by atoms with Crippen LogP contribution in [0.2, 0.25) is 6.32 Å². The second-order valence-electron chi connectivity index (χ2n) is 7.36. The zero-order chi connectivity index (χ0) is 13.7. The predicted octanol–water partition coefficient (Wildman–Crippen LogP) is 4.34. The van der Waals surface area contributed by atoms with Gasteiger partial charge >= 0.3 is 0 Å². The molecule has 0 saturated carbocycles. The van der Waals surface area contributed by atoms with Gasteiger partial charge in [0.2, 0.25) is 7.41 Å². The molecule has 0 aromatic carbocycles. The highest BCUT2D eigenvalue weighted by molar-refractivity contribution is 6.32. The molecule has 0 radical (unpaired) electrons. The van der Waals surface area contributed by atoms with Crippen molar-refractivity contribution in [1.82, 2.24) is 4.81 Å². The van der Waals surface area contributed by atoms with E-state index in [-0.39, 0.29) is 0 Å². The van der Waals surface area contributed by atoms with Gasteiger partial charge in [0.15, 0.2) is 0 Å². The molecule has 0 saturated heterocycles. The van der Waals surface area contributed by atoms with Crippen LogP contribution in [-0.4, -0.2) is 25.3 Å². The molecule has 0 N–H and O–H groups in total. The van der Waals surface area contributed by atoms with Gasteiger partial charge in [0.25, 0.3) is 0 Å². The van der Waals surface area contributed by atoms with Crippen LogP contribution in [0.4, 0.5) is 0 Å². The SMILES string of the molecule is CCCCC(C)N(C)BCC(C)(C)C(C)(C)C. The van der Waals surface area contributed by atoms with Crippen LogP contribution in [0.25, 0.3) is 0 Å². The van der Waals surface area contributed by atoms with E-state index in [4.69, 9.17) is 0 Å². The molecule has 0 heterocycles. The quantitative estimate of drug-likeness (QED) is 0.597. The van der Waals surface area contributed by atoms with Crippen molar-refractivity contribution in [1.29, 1.82) is 0 Å². The van der Waals surface area contributed by atoms with Crippen LogP contribution in [0.1, 0.15) is 67.7 Å². The van der Waals surface area contributed by atoms with E-state index in [1.54, 1.807) is 0 Å². The van der Waals surface area contributed by atoms with Gasteiger partial charge in [-0.05, 0) is 30.3 Å². The average molecular weight is 239 g/mol. The molecule has 0 bridgehead atoms. The van der Waals surface area contributed by atoms with Crippen LogP contribution in [0, 0.1) is 10.8 Å². The number of nitrogens with zero attached hydrogens (tertiary/aromatic N) is 1. The van der Waals surface area contributed by atoms with Crippen LogP contribution in [0.5, 0.6) is 0 Å². The van der Waals surface area contributed by atoms with Gasteiger partial charge in [0, 0.05) is 0 Å². The third-order valence-electron chi connectivity index (χ3n) is 4.85.